The summed E-state index contributed by atoms with van der Waals surface area (Å²) in [6, 6.07) is 4.50. The fourth-order valence-electron chi connectivity index (χ4n) is 4.07. The van der Waals surface area contributed by atoms with Crippen molar-refractivity contribution in [3.8, 4) is 0 Å². The van der Waals surface area contributed by atoms with E-state index in [1.165, 1.54) is 17.0 Å². The van der Waals surface area contributed by atoms with Gasteiger partial charge in [-0.1, -0.05) is 12.2 Å². The van der Waals surface area contributed by atoms with Gasteiger partial charge in [0.1, 0.15) is 0 Å². The van der Waals surface area contributed by atoms with Crippen molar-refractivity contribution in [3.05, 3.63) is 35.9 Å². The molecular formula is C20H22N2O5. The van der Waals surface area contributed by atoms with Gasteiger partial charge in [-0.2, -0.15) is 0 Å². The molecule has 3 aliphatic rings. The fraction of sp³-hybridized carbons (Fsp3) is 0.450. The number of carboxylic acid groups (broad SMARTS) is 1. The molecule has 2 amide bonds. The first-order valence-electron chi connectivity index (χ1n) is 9.32. The molecule has 0 radical (unpaired) electrons. The molecule has 2 aliphatic heterocycles. The van der Waals surface area contributed by atoms with Crippen LogP contribution in [0.15, 0.2) is 30.4 Å². The van der Waals surface area contributed by atoms with Crippen molar-refractivity contribution >= 4 is 29.2 Å². The largest absolute Gasteiger partial charge is 0.478 e. The van der Waals surface area contributed by atoms with Crippen LogP contribution < -0.4 is 10.2 Å². The minimum atomic E-state index is -1.10. The lowest BCUT2D eigenvalue weighted by molar-refractivity contribution is -0.122. The zero-order valence-corrected chi connectivity index (χ0v) is 14.9. The van der Waals surface area contributed by atoms with Gasteiger partial charge in [-0.15, -0.1) is 0 Å². The first-order valence-corrected chi connectivity index (χ1v) is 9.32. The number of anilines is 2. The van der Waals surface area contributed by atoms with E-state index in [1.807, 2.05) is 12.2 Å². The molecule has 0 spiro atoms. The molecule has 27 heavy (non-hydrogen) atoms. The third-order valence-corrected chi connectivity index (χ3v) is 5.54. The Bertz CT molecular complexity index is 787. The SMILES string of the molecule is O=C(O)c1ccc(NC[C@@H]2CCCO2)c(N2C(=O)[C@H]3CC=CC[C@H]3C2=O)c1. The van der Waals surface area contributed by atoms with Gasteiger partial charge in [0, 0.05) is 13.2 Å². The van der Waals surface area contributed by atoms with E-state index < -0.39 is 5.97 Å². The van der Waals surface area contributed by atoms with Crippen molar-refractivity contribution in [2.24, 2.45) is 11.8 Å². The predicted molar refractivity (Wildman–Crippen MR) is 98.7 cm³/mol. The number of carbonyl (C=O) groups excluding carboxylic acids is 2. The van der Waals surface area contributed by atoms with Crippen LogP contribution in [0.25, 0.3) is 0 Å². The molecule has 2 saturated heterocycles. The van der Waals surface area contributed by atoms with Crippen LogP contribution in [-0.4, -0.2) is 42.1 Å². The number of allylic oxidation sites excluding steroid dienone is 2. The summed E-state index contributed by atoms with van der Waals surface area (Å²) in [7, 11) is 0. The van der Waals surface area contributed by atoms with Crippen molar-refractivity contribution in [2.75, 3.05) is 23.4 Å². The molecule has 7 heteroatoms. The second-order valence-corrected chi connectivity index (χ2v) is 7.22. The topological polar surface area (TPSA) is 95.9 Å². The first kappa shape index (κ1) is 17.7. The highest BCUT2D eigenvalue weighted by Gasteiger charge is 2.48. The third-order valence-electron chi connectivity index (χ3n) is 5.54. The van der Waals surface area contributed by atoms with Gasteiger partial charge in [-0.05, 0) is 43.9 Å². The van der Waals surface area contributed by atoms with Crippen LogP contribution in [0.2, 0.25) is 0 Å². The number of fused-ring (bicyclic) bond motifs is 1. The number of carboxylic acids is 1. The van der Waals surface area contributed by atoms with E-state index in [0.29, 0.717) is 30.8 Å². The summed E-state index contributed by atoms with van der Waals surface area (Å²) in [5, 5.41) is 12.6. The van der Waals surface area contributed by atoms with Gasteiger partial charge in [0.15, 0.2) is 0 Å². The quantitative estimate of drug-likeness (QED) is 0.610. The Hall–Kier alpha value is -2.67. The number of hydrogen-bond donors (Lipinski definition) is 2. The summed E-state index contributed by atoms with van der Waals surface area (Å²) in [5.41, 5.74) is 0.933. The summed E-state index contributed by atoms with van der Waals surface area (Å²) in [6.07, 6.45) is 6.99. The Morgan fingerprint density at radius 2 is 1.89 bits per heavy atom. The first-order chi connectivity index (χ1) is 13.1. The molecule has 0 aromatic heterocycles. The molecule has 0 unspecified atom stereocenters. The lowest BCUT2D eigenvalue weighted by atomic mass is 9.85. The summed E-state index contributed by atoms with van der Waals surface area (Å²) in [5.74, 6) is -2.32. The predicted octanol–water partition coefficient (Wildman–Crippen LogP) is 2.43. The van der Waals surface area contributed by atoms with Gasteiger partial charge in [-0.25, -0.2) is 9.69 Å². The average molecular weight is 370 g/mol. The minimum absolute atomic E-state index is 0.0428. The molecule has 2 heterocycles. The van der Waals surface area contributed by atoms with E-state index in [4.69, 9.17) is 4.74 Å². The number of ether oxygens (including phenoxy) is 1. The monoisotopic (exact) mass is 370 g/mol. The van der Waals surface area contributed by atoms with Gasteiger partial charge >= 0.3 is 5.97 Å². The normalized spacial score (nSPS) is 27.1. The van der Waals surface area contributed by atoms with Gasteiger partial charge in [0.05, 0.1) is 34.9 Å². The Labute approximate surface area is 157 Å². The van der Waals surface area contributed by atoms with Crippen LogP contribution in [0, 0.1) is 11.8 Å². The van der Waals surface area contributed by atoms with E-state index in [0.717, 1.165) is 19.4 Å². The van der Waals surface area contributed by atoms with Crippen LogP contribution in [-0.2, 0) is 14.3 Å². The zero-order valence-electron chi connectivity index (χ0n) is 14.9. The molecule has 3 atom stereocenters. The molecule has 1 aromatic rings. The fourth-order valence-corrected chi connectivity index (χ4v) is 4.07. The van der Waals surface area contributed by atoms with Crippen molar-refractivity contribution in [1.29, 1.82) is 0 Å². The second-order valence-electron chi connectivity index (χ2n) is 7.22. The highest BCUT2D eigenvalue weighted by Crippen LogP contribution is 2.40. The number of rotatable bonds is 5. The summed E-state index contributed by atoms with van der Waals surface area (Å²) >= 11 is 0. The molecule has 2 fully saturated rings. The minimum Gasteiger partial charge on any atom is -0.478 e. The Kier molecular flexibility index (Phi) is 4.70. The molecule has 4 rings (SSSR count). The van der Waals surface area contributed by atoms with Crippen molar-refractivity contribution < 1.29 is 24.2 Å². The molecule has 2 N–H and O–H groups in total. The van der Waals surface area contributed by atoms with Gasteiger partial charge in [-0.3, -0.25) is 9.59 Å². The summed E-state index contributed by atoms with van der Waals surface area (Å²) < 4.78 is 5.61. The van der Waals surface area contributed by atoms with Crippen LogP contribution in [0.1, 0.15) is 36.0 Å². The maximum atomic E-state index is 12.9. The number of amides is 2. The Morgan fingerprint density at radius 3 is 2.48 bits per heavy atom. The van der Waals surface area contributed by atoms with Crippen molar-refractivity contribution in [2.45, 2.75) is 31.8 Å². The van der Waals surface area contributed by atoms with E-state index in [2.05, 4.69) is 5.32 Å². The second kappa shape index (κ2) is 7.15. The smallest absolute Gasteiger partial charge is 0.335 e. The zero-order chi connectivity index (χ0) is 19.0. The summed E-state index contributed by atoms with van der Waals surface area (Å²) in [4.78, 5) is 38.4. The maximum Gasteiger partial charge on any atom is 0.335 e. The highest BCUT2D eigenvalue weighted by atomic mass is 16.5. The molecule has 0 saturated carbocycles. The number of carbonyl (C=O) groups is 3. The lowest BCUT2D eigenvalue weighted by Crippen LogP contribution is -2.32. The van der Waals surface area contributed by atoms with E-state index in [-0.39, 0.29) is 35.3 Å². The van der Waals surface area contributed by atoms with Gasteiger partial charge < -0.3 is 15.2 Å². The van der Waals surface area contributed by atoms with Crippen LogP contribution in [0.3, 0.4) is 0 Å². The standard InChI is InChI=1S/C20H22N2O5/c23-18-14-5-1-2-6-15(14)19(24)22(18)17-10-12(20(25)26)7-8-16(17)21-11-13-4-3-9-27-13/h1-2,7-8,10,13-15,21H,3-6,9,11H2,(H,25,26)/t13-,14-,15+/m0/s1. The molecule has 142 valence electrons. The molecular weight excluding hydrogens is 348 g/mol. The molecule has 7 nitrogen and oxygen atoms in total. The van der Waals surface area contributed by atoms with Gasteiger partial charge in [0.25, 0.3) is 0 Å². The summed E-state index contributed by atoms with van der Waals surface area (Å²) in [6.45, 7) is 1.28. The van der Waals surface area contributed by atoms with Crippen LogP contribution >= 0.6 is 0 Å². The molecule has 1 aromatic carbocycles. The lowest BCUT2D eigenvalue weighted by Gasteiger charge is -2.21. The van der Waals surface area contributed by atoms with Crippen LogP contribution in [0.5, 0.6) is 0 Å². The van der Waals surface area contributed by atoms with E-state index >= 15 is 0 Å². The molecule has 0 bridgehead atoms. The van der Waals surface area contributed by atoms with E-state index in [1.54, 1.807) is 6.07 Å². The maximum absolute atomic E-state index is 12.9. The number of aromatic carboxylic acids is 1. The van der Waals surface area contributed by atoms with Crippen molar-refractivity contribution in [3.63, 3.8) is 0 Å². The van der Waals surface area contributed by atoms with Gasteiger partial charge in [0.2, 0.25) is 11.8 Å². The Balaban J connectivity index is 1.66. The van der Waals surface area contributed by atoms with Crippen LogP contribution in [0.4, 0.5) is 11.4 Å². The number of benzene rings is 1. The number of nitrogens with zero attached hydrogens (tertiary/aromatic N) is 1. The number of hydrogen-bond acceptors (Lipinski definition) is 5. The van der Waals surface area contributed by atoms with E-state index in [9.17, 15) is 19.5 Å². The number of imide groups is 1. The average Bonchev–Trinajstić information content (AvgIpc) is 3.28. The van der Waals surface area contributed by atoms with Crippen molar-refractivity contribution in [1.82, 2.24) is 0 Å². The Morgan fingerprint density at radius 1 is 1.19 bits per heavy atom. The highest BCUT2D eigenvalue weighted by molar-refractivity contribution is 6.23. The molecule has 1 aliphatic carbocycles. The number of nitrogens with one attached hydrogen (secondary N) is 1. The third kappa shape index (κ3) is 3.23.